The molecule has 0 aromatic carbocycles. The lowest BCUT2D eigenvalue weighted by molar-refractivity contribution is -0.140. The van der Waals surface area contributed by atoms with Crippen molar-refractivity contribution in [3.8, 4) is 0 Å². The molecule has 2 fully saturated rings. The molecule has 2 aliphatic rings. The molecule has 3 unspecified atom stereocenters. The molecular weight excluding hydrogens is 256 g/mol. The summed E-state index contributed by atoms with van der Waals surface area (Å²) < 4.78 is 5.53. The summed E-state index contributed by atoms with van der Waals surface area (Å²) in [6, 6.07) is 0.261. The Balaban J connectivity index is 1.77. The van der Waals surface area contributed by atoms with E-state index in [4.69, 9.17) is 15.6 Å². The van der Waals surface area contributed by atoms with Gasteiger partial charge in [0.15, 0.2) is 0 Å². The van der Waals surface area contributed by atoms with Crippen molar-refractivity contribution in [2.75, 3.05) is 26.3 Å². The molecule has 1 amide bonds. The summed E-state index contributed by atoms with van der Waals surface area (Å²) in [5.41, 5.74) is 6.02. The molecule has 0 aromatic rings. The highest BCUT2D eigenvalue weighted by atomic mass is 16.5. The van der Waals surface area contributed by atoms with Gasteiger partial charge in [0.25, 0.3) is 0 Å². The Bertz CT molecular complexity index is 316. The number of aliphatic hydroxyl groups is 1. The number of rotatable bonds is 4. The highest BCUT2D eigenvalue weighted by molar-refractivity contribution is 5.79. The highest BCUT2D eigenvalue weighted by Crippen LogP contribution is 2.30. The zero-order valence-corrected chi connectivity index (χ0v) is 12.5. The molecule has 3 N–H and O–H groups in total. The molecule has 2 rings (SSSR count). The molecule has 0 spiro atoms. The second kappa shape index (κ2) is 7.38. The number of nitrogens with two attached hydrogens (primary N) is 1. The van der Waals surface area contributed by atoms with Gasteiger partial charge >= 0.3 is 0 Å². The van der Waals surface area contributed by atoms with Crippen LogP contribution in [0, 0.1) is 11.8 Å². The Morgan fingerprint density at radius 2 is 2.00 bits per heavy atom. The first-order chi connectivity index (χ1) is 9.61. The van der Waals surface area contributed by atoms with E-state index in [1.54, 1.807) is 0 Å². The minimum Gasteiger partial charge on any atom is -0.394 e. The Hall–Kier alpha value is -0.650. The Morgan fingerprint density at radius 3 is 2.60 bits per heavy atom. The summed E-state index contributed by atoms with van der Waals surface area (Å²) >= 11 is 0. The SMILES string of the molecule is CC1CC(C(=O)N2CCC(OCCO)CC2)CCC1N. The first kappa shape index (κ1) is 15.7. The van der Waals surface area contributed by atoms with Crippen LogP contribution in [0.5, 0.6) is 0 Å². The summed E-state index contributed by atoms with van der Waals surface area (Å²) in [6.07, 6.45) is 4.80. The van der Waals surface area contributed by atoms with Crippen LogP contribution in [0.25, 0.3) is 0 Å². The van der Waals surface area contributed by atoms with Crippen molar-refractivity contribution in [2.24, 2.45) is 17.6 Å². The lowest BCUT2D eigenvalue weighted by Gasteiger charge is -2.37. The molecule has 20 heavy (non-hydrogen) atoms. The zero-order valence-electron chi connectivity index (χ0n) is 12.5. The lowest BCUT2D eigenvalue weighted by Crippen LogP contribution is -2.46. The number of piperidine rings is 1. The van der Waals surface area contributed by atoms with Gasteiger partial charge in [-0.05, 0) is 38.0 Å². The van der Waals surface area contributed by atoms with Crippen LogP contribution in [0.3, 0.4) is 0 Å². The second-order valence-electron chi connectivity index (χ2n) is 6.27. The van der Waals surface area contributed by atoms with Gasteiger partial charge in [-0.15, -0.1) is 0 Å². The van der Waals surface area contributed by atoms with E-state index in [-0.39, 0.29) is 24.7 Å². The third-order valence-electron chi connectivity index (χ3n) is 4.78. The second-order valence-corrected chi connectivity index (χ2v) is 6.27. The number of amides is 1. The molecule has 1 aliphatic heterocycles. The monoisotopic (exact) mass is 284 g/mol. The summed E-state index contributed by atoms with van der Waals surface area (Å²) in [7, 11) is 0. The maximum absolute atomic E-state index is 12.5. The number of ether oxygens (including phenoxy) is 1. The van der Waals surface area contributed by atoms with Crippen molar-refractivity contribution in [3.05, 3.63) is 0 Å². The van der Waals surface area contributed by atoms with Crippen molar-refractivity contribution < 1.29 is 14.6 Å². The summed E-state index contributed by atoms with van der Waals surface area (Å²) in [4.78, 5) is 14.5. The van der Waals surface area contributed by atoms with Gasteiger partial charge in [0.1, 0.15) is 0 Å². The lowest BCUT2D eigenvalue weighted by atomic mass is 9.78. The standard InChI is InChI=1S/C15H28N2O3/c1-11-10-12(2-3-14(11)16)15(19)17-6-4-13(5-7-17)20-9-8-18/h11-14,18H,2-10,16H2,1H3. The molecule has 116 valence electrons. The van der Waals surface area contributed by atoms with Crippen LogP contribution in [0.4, 0.5) is 0 Å². The van der Waals surface area contributed by atoms with E-state index in [9.17, 15) is 4.79 Å². The van der Waals surface area contributed by atoms with Gasteiger partial charge in [-0.25, -0.2) is 0 Å². The van der Waals surface area contributed by atoms with Gasteiger partial charge in [0.05, 0.1) is 19.3 Å². The van der Waals surface area contributed by atoms with E-state index in [2.05, 4.69) is 6.92 Å². The Morgan fingerprint density at radius 1 is 1.30 bits per heavy atom. The fourth-order valence-corrected chi connectivity index (χ4v) is 3.36. The van der Waals surface area contributed by atoms with Gasteiger partial charge in [0, 0.05) is 25.0 Å². The normalized spacial score (nSPS) is 32.4. The van der Waals surface area contributed by atoms with Gasteiger partial charge in [-0.1, -0.05) is 6.92 Å². The van der Waals surface area contributed by atoms with Gasteiger partial charge in [0.2, 0.25) is 5.91 Å². The van der Waals surface area contributed by atoms with Crippen molar-refractivity contribution in [1.29, 1.82) is 0 Å². The van der Waals surface area contributed by atoms with Crippen molar-refractivity contribution in [3.63, 3.8) is 0 Å². The number of hydrogen-bond donors (Lipinski definition) is 2. The Labute approximate surface area is 121 Å². The molecule has 0 aromatic heterocycles. The number of carbonyl (C=O) groups excluding carboxylic acids is 1. The van der Waals surface area contributed by atoms with Crippen LogP contribution in [-0.2, 0) is 9.53 Å². The van der Waals surface area contributed by atoms with Crippen LogP contribution in [0.15, 0.2) is 0 Å². The van der Waals surface area contributed by atoms with E-state index in [0.29, 0.717) is 18.4 Å². The van der Waals surface area contributed by atoms with E-state index >= 15 is 0 Å². The Kier molecular flexibility index (Phi) is 5.81. The number of carbonyl (C=O) groups is 1. The first-order valence-electron chi connectivity index (χ1n) is 7.88. The molecule has 1 saturated heterocycles. The molecule has 1 saturated carbocycles. The predicted octanol–water partition coefficient (Wildman–Crippen LogP) is 0.750. The first-order valence-corrected chi connectivity index (χ1v) is 7.88. The van der Waals surface area contributed by atoms with Crippen LogP contribution in [0.2, 0.25) is 0 Å². The van der Waals surface area contributed by atoms with Crippen LogP contribution in [-0.4, -0.2) is 54.4 Å². The average Bonchev–Trinajstić information content (AvgIpc) is 2.48. The van der Waals surface area contributed by atoms with E-state index in [1.165, 1.54) is 0 Å². The van der Waals surface area contributed by atoms with E-state index < -0.39 is 0 Å². The molecule has 0 radical (unpaired) electrons. The zero-order chi connectivity index (χ0) is 14.5. The number of aliphatic hydroxyl groups excluding tert-OH is 1. The minimum absolute atomic E-state index is 0.0688. The number of hydrogen-bond acceptors (Lipinski definition) is 4. The number of likely N-dealkylation sites (tertiary alicyclic amines) is 1. The molecule has 0 bridgehead atoms. The summed E-state index contributed by atoms with van der Waals surface area (Å²) in [6.45, 7) is 4.19. The molecule has 5 heteroatoms. The predicted molar refractivity (Wildman–Crippen MR) is 77.1 cm³/mol. The fourth-order valence-electron chi connectivity index (χ4n) is 3.36. The van der Waals surface area contributed by atoms with E-state index in [0.717, 1.165) is 45.2 Å². The quantitative estimate of drug-likeness (QED) is 0.799. The molecule has 1 aliphatic carbocycles. The van der Waals surface area contributed by atoms with Crippen molar-refractivity contribution in [1.82, 2.24) is 4.90 Å². The van der Waals surface area contributed by atoms with Gasteiger partial charge in [-0.2, -0.15) is 0 Å². The number of nitrogens with zero attached hydrogens (tertiary/aromatic N) is 1. The van der Waals surface area contributed by atoms with E-state index in [1.807, 2.05) is 4.90 Å². The molecule has 1 heterocycles. The van der Waals surface area contributed by atoms with Crippen LogP contribution >= 0.6 is 0 Å². The van der Waals surface area contributed by atoms with Crippen molar-refractivity contribution >= 4 is 5.91 Å². The summed E-state index contributed by atoms with van der Waals surface area (Å²) in [5, 5.41) is 8.75. The molecule has 3 atom stereocenters. The van der Waals surface area contributed by atoms with Crippen molar-refractivity contribution in [2.45, 2.75) is 51.2 Å². The largest absolute Gasteiger partial charge is 0.394 e. The van der Waals surface area contributed by atoms with Gasteiger partial charge in [-0.3, -0.25) is 4.79 Å². The van der Waals surface area contributed by atoms with Crippen LogP contribution < -0.4 is 5.73 Å². The van der Waals surface area contributed by atoms with Crippen LogP contribution in [0.1, 0.15) is 39.0 Å². The smallest absolute Gasteiger partial charge is 0.225 e. The summed E-state index contributed by atoms with van der Waals surface area (Å²) in [5.74, 6) is 0.923. The maximum atomic E-state index is 12.5. The highest BCUT2D eigenvalue weighted by Gasteiger charge is 2.33. The average molecular weight is 284 g/mol. The topological polar surface area (TPSA) is 75.8 Å². The third kappa shape index (κ3) is 3.93. The third-order valence-corrected chi connectivity index (χ3v) is 4.78. The molecule has 5 nitrogen and oxygen atoms in total. The minimum atomic E-state index is 0.0688. The fraction of sp³-hybridized carbons (Fsp3) is 0.933. The molecular formula is C15H28N2O3. The maximum Gasteiger partial charge on any atom is 0.225 e. The van der Waals surface area contributed by atoms with Gasteiger partial charge < -0.3 is 20.5 Å².